The van der Waals surface area contributed by atoms with Crippen LogP contribution in [0.2, 0.25) is 15.1 Å². The third kappa shape index (κ3) is 3.22. The minimum absolute atomic E-state index is 0.282. The van der Waals surface area contributed by atoms with Crippen LogP contribution in [0.1, 0.15) is 5.56 Å². The number of ether oxygens (including phenoxy) is 1. The summed E-state index contributed by atoms with van der Waals surface area (Å²) in [6.45, 7) is 0.282. The average Bonchev–Trinajstić information content (AvgIpc) is 2.34. The van der Waals surface area contributed by atoms with Crippen LogP contribution in [0.5, 0.6) is 5.75 Å². The van der Waals surface area contributed by atoms with Gasteiger partial charge >= 0.3 is 0 Å². The average molecular weight is 303 g/mol. The Labute approximate surface area is 120 Å². The van der Waals surface area contributed by atoms with Crippen LogP contribution in [0.4, 0.5) is 5.69 Å². The predicted molar refractivity (Wildman–Crippen MR) is 76.7 cm³/mol. The van der Waals surface area contributed by atoms with Gasteiger partial charge in [-0.1, -0.05) is 34.8 Å². The molecule has 2 aromatic carbocycles. The lowest BCUT2D eigenvalue weighted by molar-refractivity contribution is 0.306. The number of hydrogen-bond acceptors (Lipinski definition) is 2. The van der Waals surface area contributed by atoms with Crippen molar-refractivity contribution in [3.8, 4) is 5.75 Å². The van der Waals surface area contributed by atoms with Gasteiger partial charge < -0.3 is 10.5 Å². The quantitative estimate of drug-likeness (QED) is 0.826. The highest BCUT2D eigenvalue weighted by molar-refractivity contribution is 6.34. The SMILES string of the molecule is Nc1ccc(Cl)c(COc2cc(Cl)ccc2Cl)c1. The zero-order valence-electron chi connectivity index (χ0n) is 9.29. The van der Waals surface area contributed by atoms with E-state index in [1.165, 1.54) is 0 Å². The summed E-state index contributed by atoms with van der Waals surface area (Å²) in [5.41, 5.74) is 7.12. The Bertz CT molecular complexity index is 521. The van der Waals surface area contributed by atoms with Gasteiger partial charge in [0.05, 0.1) is 5.02 Å². The minimum Gasteiger partial charge on any atom is -0.487 e. The van der Waals surface area contributed by atoms with Crippen molar-refractivity contribution in [1.82, 2.24) is 0 Å². The van der Waals surface area contributed by atoms with Crippen molar-refractivity contribution in [3.05, 3.63) is 57.0 Å². The van der Waals surface area contributed by atoms with Crippen LogP contribution in [0.3, 0.4) is 0 Å². The van der Waals surface area contributed by atoms with E-state index in [0.717, 1.165) is 5.56 Å². The number of rotatable bonds is 3. The molecule has 0 bridgehead atoms. The number of nitrogen functional groups attached to an aromatic ring is 1. The van der Waals surface area contributed by atoms with Crippen molar-refractivity contribution >= 4 is 40.5 Å². The summed E-state index contributed by atoms with van der Waals surface area (Å²) in [4.78, 5) is 0. The van der Waals surface area contributed by atoms with Gasteiger partial charge in [0.25, 0.3) is 0 Å². The van der Waals surface area contributed by atoms with E-state index in [4.69, 9.17) is 45.3 Å². The van der Waals surface area contributed by atoms with Crippen LogP contribution in [-0.2, 0) is 6.61 Å². The highest BCUT2D eigenvalue weighted by atomic mass is 35.5. The maximum atomic E-state index is 6.04. The molecule has 94 valence electrons. The summed E-state index contributed by atoms with van der Waals surface area (Å²) < 4.78 is 5.58. The fraction of sp³-hybridized carbons (Fsp3) is 0.0769. The van der Waals surface area contributed by atoms with Gasteiger partial charge in [0.15, 0.2) is 0 Å². The van der Waals surface area contributed by atoms with Crippen molar-refractivity contribution in [1.29, 1.82) is 0 Å². The van der Waals surface area contributed by atoms with Crippen LogP contribution in [0.25, 0.3) is 0 Å². The molecule has 0 aliphatic carbocycles. The first kappa shape index (κ1) is 13.3. The maximum absolute atomic E-state index is 6.04. The van der Waals surface area contributed by atoms with E-state index in [1.807, 2.05) is 0 Å². The normalized spacial score (nSPS) is 10.4. The molecule has 0 amide bonds. The van der Waals surface area contributed by atoms with Crippen LogP contribution in [-0.4, -0.2) is 0 Å². The Morgan fingerprint density at radius 1 is 0.944 bits per heavy atom. The lowest BCUT2D eigenvalue weighted by Crippen LogP contribution is -1.98. The van der Waals surface area contributed by atoms with Gasteiger partial charge in [-0.2, -0.15) is 0 Å². The number of anilines is 1. The van der Waals surface area contributed by atoms with Gasteiger partial charge in [0.1, 0.15) is 12.4 Å². The number of hydrogen-bond donors (Lipinski definition) is 1. The monoisotopic (exact) mass is 301 g/mol. The summed E-state index contributed by atoms with van der Waals surface area (Å²) in [7, 11) is 0. The molecular weight excluding hydrogens is 293 g/mol. The second-order valence-electron chi connectivity index (χ2n) is 3.71. The van der Waals surface area contributed by atoms with E-state index in [1.54, 1.807) is 36.4 Å². The zero-order valence-corrected chi connectivity index (χ0v) is 11.6. The standard InChI is InChI=1S/C13H10Cl3NO/c14-9-1-3-12(16)13(6-9)18-7-8-5-10(17)2-4-11(8)15/h1-6H,7,17H2. The first-order valence-electron chi connectivity index (χ1n) is 5.18. The molecule has 0 unspecified atom stereocenters. The summed E-state index contributed by atoms with van der Waals surface area (Å²) in [5.74, 6) is 0.516. The topological polar surface area (TPSA) is 35.2 Å². The van der Waals surface area contributed by atoms with E-state index < -0.39 is 0 Å². The van der Waals surface area contributed by atoms with Gasteiger partial charge in [0.2, 0.25) is 0 Å². The Morgan fingerprint density at radius 3 is 2.44 bits per heavy atom. The second-order valence-corrected chi connectivity index (χ2v) is 4.97. The van der Waals surface area contributed by atoms with Crippen LogP contribution < -0.4 is 10.5 Å². The molecule has 2 rings (SSSR count). The molecule has 2 aromatic rings. The minimum atomic E-state index is 0.282. The highest BCUT2D eigenvalue weighted by Crippen LogP contribution is 2.29. The molecule has 5 heteroatoms. The Hall–Kier alpha value is -1.09. The lowest BCUT2D eigenvalue weighted by atomic mass is 10.2. The number of nitrogens with two attached hydrogens (primary N) is 1. The van der Waals surface area contributed by atoms with E-state index in [-0.39, 0.29) is 6.61 Å². The molecule has 0 fully saturated rings. The van der Waals surface area contributed by atoms with E-state index in [0.29, 0.717) is 26.5 Å². The van der Waals surface area contributed by atoms with Crippen molar-refractivity contribution < 1.29 is 4.74 Å². The smallest absolute Gasteiger partial charge is 0.139 e. The molecule has 0 heterocycles. The molecular formula is C13H10Cl3NO. The summed E-state index contributed by atoms with van der Waals surface area (Å²) in [5, 5.41) is 1.66. The molecule has 0 aliphatic heterocycles. The van der Waals surface area contributed by atoms with E-state index >= 15 is 0 Å². The van der Waals surface area contributed by atoms with Crippen LogP contribution in [0, 0.1) is 0 Å². The van der Waals surface area contributed by atoms with Crippen LogP contribution in [0.15, 0.2) is 36.4 Å². The molecule has 2 nitrogen and oxygen atoms in total. The molecule has 0 saturated heterocycles. The third-order valence-electron chi connectivity index (χ3n) is 2.35. The molecule has 0 atom stereocenters. The first-order valence-corrected chi connectivity index (χ1v) is 6.31. The Kier molecular flexibility index (Phi) is 4.23. The van der Waals surface area contributed by atoms with Gasteiger partial charge in [-0.15, -0.1) is 0 Å². The van der Waals surface area contributed by atoms with Gasteiger partial charge in [0, 0.05) is 27.4 Å². The van der Waals surface area contributed by atoms with Crippen molar-refractivity contribution in [2.24, 2.45) is 0 Å². The molecule has 18 heavy (non-hydrogen) atoms. The van der Waals surface area contributed by atoms with E-state index in [2.05, 4.69) is 0 Å². The van der Waals surface area contributed by atoms with Crippen LogP contribution >= 0.6 is 34.8 Å². The summed E-state index contributed by atoms with van der Waals surface area (Å²) in [6.07, 6.45) is 0. The van der Waals surface area contributed by atoms with Crippen molar-refractivity contribution in [2.75, 3.05) is 5.73 Å². The largest absolute Gasteiger partial charge is 0.487 e. The first-order chi connectivity index (χ1) is 8.56. The van der Waals surface area contributed by atoms with Gasteiger partial charge in [-0.05, 0) is 30.3 Å². The molecule has 0 aromatic heterocycles. The van der Waals surface area contributed by atoms with Crippen molar-refractivity contribution in [3.63, 3.8) is 0 Å². The molecule has 0 spiro atoms. The zero-order chi connectivity index (χ0) is 13.1. The maximum Gasteiger partial charge on any atom is 0.139 e. The van der Waals surface area contributed by atoms with Gasteiger partial charge in [-0.25, -0.2) is 0 Å². The fourth-order valence-corrected chi connectivity index (χ4v) is 1.95. The fourth-order valence-electron chi connectivity index (χ4n) is 1.45. The molecule has 2 N–H and O–H groups in total. The predicted octanol–water partition coefficient (Wildman–Crippen LogP) is 4.81. The third-order valence-corrected chi connectivity index (χ3v) is 3.26. The number of benzene rings is 2. The Balaban J connectivity index is 2.16. The molecule has 0 radical (unpaired) electrons. The second kappa shape index (κ2) is 5.70. The summed E-state index contributed by atoms with van der Waals surface area (Å²) >= 11 is 17.9. The van der Waals surface area contributed by atoms with Gasteiger partial charge in [-0.3, -0.25) is 0 Å². The lowest BCUT2D eigenvalue weighted by Gasteiger charge is -2.10. The van der Waals surface area contributed by atoms with E-state index in [9.17, 15) is 0 Å². The summed E-state index contributed by atoms with van der Waals surface area (Å²) in [6, 6.07) is 10.3. The highest BCUT2D eigenvalue weighted by Gasteiger charge is 2.06. The Morgan fingerprint density at radius 2 is 1.67 bits per heavy atom. The van der Waals surface area contributed by atoms with Crippen molar-refractivity contribution in [2.45, 2.75) is 6.61 Å². The molecule has 0 saturated carbocycles. The number of halogens is 3. The molecule has 0 aliphatic rings.